The fourth-order valence-electron chi connectivity index (χ4n) is 4.18. The Bertz CT molecular complexity index is 1200. The Kier molecular flexibility index (Phi) is 5.64. The van der Waals surface area contributed by atoms with Crippen molar-refractivity contribution in [3.8, 4) is 11.8 Å². The summed E-state index contributed by atoms with van der Waals surface area (Å²) in [6.45, 7) is 0. The molecule has 1 heterocycles. The molecule has 0 aliphatic heterocycles. The van der Waals surface area contributed by atoms with Crippen LogP contribution in [0.5, 0.6) is 5.75 Å². The number of hydrogen-bond donors (Lipinski definition) is 2. The summed E-state index contributed by atoms with van der Waals surface area (Å²) in [7, 11) is 1.49. The summed E-state index contributed by atoms with van der Waals surface area (Å²) < 4.78 is 7.88. The van der Waals surface area contributed by atoms with E-state index in [0.717, 1.165) is 28.3 Å². The smallest absolute Gasteiger partial charge is 0.326 e. The monoisotopic (exact) mass is 468 g/mol. The molecule has 1 aliphatic rings. The van der Waals surface area contributed by atoms with E-state index in [0.29, 0.717) is 29.8 Å². The van der Waals surface area contributed by atoms with Crippen LogP contribution in [0.4, 0.5) is 5.69 Å². The second-order valence-electron chi connectivity index (χ2n) is 7.46. The molecule has 4 rings (SSSR count). The highest BCUT2D eigenvalue weighted by molar-refractivity contribution is 9.10. The number of aromatic nitrogens is 2. The van der Waals surface area contributed by atoms with Crippen molar-refractivity contribution < 1.29 is 9.53 Å². The van der Waals surface area contributed by atoms with E-state index in [-0.39, 0.29) is 23.6 Å². The van der Waals surface area contributed by atoms with Crippen molar-refractivity contribution in [1.82, 2.24) is 9.55 Å². The molecule has 154 valence electrons. The van der Waals surface area contributed by atoms with Crippen LogP contribution in [0, 0.1) is 17.2 Å². The fraction of sp³-hybridized carbons (Fsp3) is 0.318. The maximum absolute atomic E-state index is 12.7. The third kappa shape index (κ3) is 3.73. The summed E-state index contributed by atoms with van der Waals surface area (Å²) >= 11 is 3.48. The molecule has 0 saturated heterocycles. The number of hydrogen-bond acceptors (Lipinski definition) is 4. The van der Waals surface area contributed by atoms with Crippen LogP contribution in [0.3, 0.4) is 0 Å². The van der Waals surface area contributed by atoms with Crippen LogP contribution in [0.1, 0.15) is 37.3 Å². The minimum atomic E-state index is -0.116. The molecule has 1 saturated carbocycles. The minimum Gasteiger partial charge on any atom is -0.495 e. The van der Waals surface area contributed by atoms with Gasteiger partial charge in [0.25, 0.3) is 0 Å². The molecule has 2 N–H and O–H groups in total. The average molecular weight is 469 g/mol. The first-order valence-electron chi connectivity index (χ1n) is 9.79. The summed E-state index contributed by atoms with van der Waals surface area (Å²) in [5.74, 6) is 0.272. The molecule has 1 aromatic heterocycles. The first-order chi connectivity index (χ1) is 14.5. The van der Waals surface area contributed by atoms with Crippen LogP contribution in [0.25, 0.3) is 11.0 Å². The second-order valence-corrected chi connectivity index (χ2v) is 8.31. The van der Waals surface area contributed by atoms with Gasteiger partial charge in [-0.15, -0.1) is 0 Å². The maximum atomic E-state index is 12.7. The van der Waals surface area contributed by atoms with Gasteiger partial charge in [0.15, 0.2) is 0 Å². The molecule has 1 aliphatic carbocycles. The van der Waals surface area contributed by atoms with Gasteiger partial charge in [0.05, 0.1) is 23.7 Å². The van der Waals surface area contributed by atoms with E-state index in [1.807, 2.05) is 22.8 Å². The van der Waals surface area contributed by atoms with Gasteiger partial charge in [-0.2, -0.15) is 5.26 Å². The summed E-state index contributed by atoms with van der Waals surface area (Å²) in [4.78, 5) is 28.2. The Hall–Kier alpha value is -3.05. The zero-order valence-corrected chi connectivity index (χ0v) is 18.0. The lowest BCUT2D eigenvalue weighted by molar-refractivity contribution is -0.121. The molecule has 7 nitrogen and oxygen atoms in total. The zero-order chi connectivity index (χ0) is 21.3. The van der Waals surface area contributed by atoms with E-state index in [4.69, 9.17) is 10.00 Å². The number of ether oxygens (including phenoxy) is 1. The summed E-state index contributed by atoms with van der Waals surface area (Å²) in [6.07, 6.45) is 2.93. The Balaban J connectivity index is 1.45. The number of nitrogens with one attached hydrogen (secondary N) is 2. The van der Waals surface area contributed by atoms with Gasteiger partial charge in [-0.1, -0.05) is 6.07 Å². The second kappa shape index (κ2) is 8.36. The number of carbonyl (C=O) groups excluding carboxylic acids is 1. The Morgan fingerprint density at radius 2 is 2.03 bits per heavy atom. The largest absolute Gasteiger partial charge is 0.495 e. The number of rotatable bonds is 4. The highest BCUT2D eigenvalue weighted by Crippen LogP contribution is 2.35. The predicted octanol–water partition coefficient (Wildman–Crippen LogP) is 4.34. The lowest BCUT2D eigenvalue weighted by Crippen LogP contribution is -2.31. The number of nitrogens with zero attached hydrogens (tertiary/aromatic N) is 2. The molecular formula is C22H21BrN4O3. The van der Waals surface area contributed by atoms with Crippen molar-refractivity contribution >= 4 is 38.6 Å². The standard InChI is InChI=1S/C22H21BrN4O3/c1-30-19-11-15(8-5-14(19)12-24)25-21(28)13-6-9-16(10-7-13)27-18-4-2-3-17(23)20(18)26-22(27)29/h2-5,8,11,13,16H,6-7,9-10H2,1H3,(H,25,28)(H,26,29). The van der Waals surface area contributed by atoms with Gasteiger partial charge in [-0.25, -0.2) is 4.79 Å². The van der Waals surface area contributed by atoms with E-state index < -0.39 is 0 Å². The van der Waals surface area contributed by atoms with E-state index in [1.54, 1.807) is 18.2 Å². The number of nitriles is 1. The number of benzene rings is 2. The van der Waals surface area contributed by atoms with E-state index in [9.17, 15) is 9.59 Å². The van der Waals surface area contributed by atoms with Crippen LogP contribution in [0.2, 0.25) is 0 Å². The number of carbonyl (C=O) groups is 1. The van der Waals surface area contributed by atoms with Crippen molar-refractivity contribution in [2.24, 2.45) is 5.92 Å². The lowest BCUT2D eigenvalue weighted by atomic mass is 9.85. The number of halogens is 1. The van der Waals surface area contributed by atoms with Crippen LogP contribution in [0.15, 0.2) is 45.7 Å². The number of anilines is 1. The van der Waals surface area contributed by atoms with Crippen LogP contribution < -0.4 is 15.7 Å². The molecular weight excluding hydrogens is 448 g/mol. The molecule has 8 heteroatoms. The number of H-pyrrole nitrogens is 1. The van der Waals surface area contributed by atoms with Crippen molar-refractivity contribution in [2.75, 3.05) is 12.4 Å². The lowest BCUT2D eigenvalue weighted by Gasteiger charge is -2.28. The molecule has 3 aromatic rings. The SMILES string of the molecule is COc1cc(NC(=O)C2CCC(n3c(=O)[nH]c4c(Br)cccc43)CC2)ccc1C#N. The molecule has 0 atom stereocenters. The highest BCUT2D eigenvalue weighted by atomic mass is 79.9. The molecule has 2 aromatic carbocycles. The third-order valence-corrected chi connectivity index (χ3v) is 6.38. The van der Waals surface area contributed by atoms with Crippen LogP contribution >= 0.6 is 15.9 Å². The van der Waals surface area contributed by atoms with Crippen molar-refractivity contribution in [1.29, 1.82) is 5.26 Å². The Morgan fingerprint density at radius 3 is 2.73 bits per heavy atom. The van der Waals surface area contributed by atoms with Crippen molar-refractivity contribution in [3.05, 3.63) is 56.9 Å². The van der Waals surface area contributed by atoms with Gasteiger partial charge >= 0.3 is 5.69 Å². The number of aromatic amines is 1. The number of methoxy groups -OCH3 is 1. The first-order valence-corrected chi connectivity index (χ1v) is 10.6. The quantitative estimate of drug-likeness (QED) is 0.594. The fourth-order valence-corrected chi connectivity index (χ4v) is 4.63. The zero-order valence-electron chi connectivity index (χ0n) is 16.4. The molecule has 0 radical (unpaired) electrons. The molecule has 1 amide bonds. The molecule has 0 unspecified atom stereocenters. The van der Waals surface area contributed by atoms with Crippen molar-refractivity contribution in [3.63, 3.8) is 0 Å². The van der Waals surface area contributed by atoms with Gasteiger partial charge in [-0.3, -0.25) is 9.36 Å². The van der Waals surface area contributed by atoms with E-state index >= 15 is 0 Å². The average Bonchev–Trinajstić information content (AvgIpc) is 3.11. The highest BCUT2D eigenvalue weighted by Gasteiger charge is 2.29. The minimum absolute atomic E-state index is 0.0470. The summed E-state index contributed by atoms with van der Waals surface area (Å²) in [6, 6.07) is 12.9. The van der Waals surface area contributed by atoms with E-state index in [1.165, 1.54) is 7.11 Å². The van der Waals surface area contributed by atoms with Gasteiger partial charge in [-0.05, 0) is 65.9 Å². The van der Waals surface area contributed by atoms with Gasteiger partial charge in [0.2, 0.25) is 5.91 Å². The van der Waals surface area contributed by atoms with Crippen LogP contribution in [-0.2, 0) is 4.79 Å². The van der Waals surface area contributed by atoms with Gasteiger partial charge in [0.1, 0.15) is 11.8 Å². The summed E-state index contributed by atoms with van der Waals surface area (Å²) in [5.41, 5.74) is 2.60. The Morgan fingerprint density at radius 1 is 1.27 bits per heavy atom. The predicted molar refractivity (Wildman–Crippen MR) is 118 cm³/mol. The van der Waals surface area contributed by atoms with Gasteiger partial charge in [0, 0.05) is 28.2 Å². The number of imidazole rings is 1. The Labute approximate surface area is 181 Å². The molecule has 30 heavy (non-hydrogen) atoms. The number of amides is 1. The van der Waals surface area contributed by atoms with E-state index in [2.05, 4.69) is 32.3 Å². The summed E-state index contributed by atoms with van der Waals surface area (Å²) in [5, 5.41) is 12.0. The molecule has 1 fully saturated rings. The topological polar surface area (TPSA) is 99.9 Å². The molecule has 0 spiro atoms. The van der Waals surface area contributed by atoms with Crippen molar-refractivity contribution in [2.45, 2.75) is 31.7 Å². The molecule has 0 bridgehead atoms. The number of para-hydroxylation sites is 1. The number of fused-ring (bicyclic) bond motifs is 1. The third-order valence-electron chi connectivity index (χ3n) is 5.72. The van der Waals surface area contributed by atoms with Crippen LogP contribution in [-0.4, -0.2) is 22.6 Å². The maximum Gasteiger partial charge on any atom is 0.326 e. The first kappa shape index (κ1) is 20.2. The van der Waals surface area contributed by atoms with Gasteiger partial charge < -0.3 is 15.0 Å². The normalized spacial score (nSPS) is 18.7.